The first-order chi connectivity index (χ1) is 12.8. The number of halogens is 5. The third-order valence-corrected chi connectivity index (χ3v) is 3.77. The number of aromatic nitrogens is 4. The fourth-order valence-electron chi connectivity index (χ4n) is 2.60. The van der Waals surface area contributed by atoms with Gasteiger partial charge in [-0.25, -0.2) is 15.0 Å². The molecule has 6 nitrogen and oxygen atoms in total. The monoisotopic (exact) mass is 387 g/mol. The lowest BCUT2D eigenvalue weighted by molar-refractivity contribution is -0.144. The molecular weight excluding hydrogens is 373 g/mol. The summed E-state index contributed by atoms with van der Waals surface area (Å²) in [5, 5.41) is 2.85. The number of alkyl halides is 5. The molecule has 0 aliphatic heterocycles. The maximum Gasteiger partial charge on any atom is 0.451 e. The molecule has 2 aromatic heterocycles. The number of hydrogen-bond acceptors (Lipinski definition) is 5. The van der Waals surface area contributed by atoms with Crippen LogP contribution in [0.1, 0.15) is 30.8 Å². The largest absolute Gasteiger partial charge is 0.451 e. The average molecular weight is 387 g/mol. The Balaban J connectivity index is 2.02. The van der Waals surface area contributed by atoms with E-state index >= 15 is 0 Å². The van der Waals surface area contributed by atoms with Gasteiger partial charge in [-0.2, -0.15) is 22.0 Å². The molecule has 3 rings (SSSR count). The predicted molar refractivity (Wildman–Crippen MR) is 86.4 cm³/mol. The molecule has 1 atom stereocenters. The van der Waals surface area contributed by atoms with Gasteiger partial charge in [0.05, 0.1) is 12.4 Å². The second-order valence-electron chi connectivity index (χ2n) is 5.52. The van der Waals surface area contributed by atoms with Gasteiger partial charge in [-0.1, -0.05) is 25.1 Å². The standard InChI is InChI=1S/C16H14F5N5O/c1-2-9(8-5-3-4-6-10(8)27-15(17)18)24-13-11-12(23-7-22-11)25-14(26-13)16(19,20)21/h3-7,9,15H,2H2,1H3,(H2,22,23,24,25,26). The topological polar surface area (TPSA) is 75.7 Å². The van der Waals surface area contributed by atoms with Crippen molar-refractivity contribution >= 4 is 17.0 Å². The van der Waals surface area contributed by atoms with Crippen LogP contribution in [0.3, 0.4) is 0 Å². The number of benzene rings is 1. The summed E-state index contributed by atoms with van der Waals surface area (Å²) in [5.41, 5.74) is 0.376. The van der Waals surface area contributed by atoms with Gasteiger partial charge in [0.15, 0.2) is 11.5 Å². The lowest BCUT2D eigenvalue weighted by Crippen LogP contribution is -2.17. The van der Waals surface area contributed by atoms with E-state index in [0.29, 0.717) is 12.0 Å². The molecule has 1 aromatic carbocycles. The number of nitrogens with zero attached hydrogens (tertiary/aromatic N) is 3. The number of hydrogen-bond donors (Lipinski definition) is 2. The minimum Gasteiger partial charge on any atom is -0.434 e. The van der Waals surface area contributed by atoms with Crippen molar-refractivity contribution in [2.45, 2.75) is 32.2 Å². The summed E-state index contributed by atoms with van der Waals surface area (Å²) in [6.45, 7) is -1.29. The van der Waals surface area contributed by atoms with E-state index in [9.17, 15) is 22.0 Å². The second kappa shape index (κ2) is 7.33. The molecule has 0 spiro atoms. The minimum absolute atomic E-state index is 0.0715. The molecule has 0 bridgehead atoms. The Bertz CT molecular complexity index is 927. The molecule has 0 fully saturated rings. The number of H-pyrrole nitrogens is 1. The highest BCUT2D eigenvalue weighted by molar-refractivity contribution is 5.82. The van der Waals surface area contributed by atoms with Crippen molar-refractivity contribution in [1.29, 1.82) is 0 Å². The van der Waals surface area contributed by atoms with Crippen molar-refractivity contribution in [3.63, 3.8) is 0 Å². The fraction of sp³-hybridized carbons (Fsp3) is 0.312. The van der Waals surface area contributed by atoms with Crippen molar-refractivity contribution in [3.8, 4) is 5.75 Å². The molecular formula is C16H14F5N5O. The summed E-state index contributed by atoms with van der Waals surface area (Å²) in [6, 6.07) is 5.41. The van der Waals surface area contributed by atoms with Crippen LogP contribution in [0, 0.1) is 0 Å². The van der Waals surface area contributed by atoms with Gasteiger partial charge in [0.25, 0.3) is 0 Å². The first kappa shape index (κ1) is 18.8. The summed E-state index contributed by atoms with van der Waals surface area (Å²) < 4.78 is 69.0. The zero-order chi connectivity index (χ0) is 19.6. The second-order valence-corrected chi connectivity index (χ2v) is 5.52. The van der Waals surface area contributed by atoms with Gasteiger partial charge in [0.1, 0.15) is 11.3 Å². The number of imidazole rings is 1. The quantitative estimate of drug-likeness (QED) is 0.608. The zero-order valence-corrected chi connectivity index (χ0v) is 13.9. The van der Waals surface area contributed by atoms with Gasteiger partial charge >= 0.3 is 12.8 Å². The Morgan fingerprint density at radius 3 is 2.59 bits per heavy atom. The molecule has 0 saturated carbocycles. The number of fused-ring (bicyclic) bond motifs is 1. The van der Waals surface area contributed by atoms with Crippen LogP contribution < -0.4 is 10.1 Å². The molecule has 11 heteroatoms. The van der Waals surface area contributed by atoms with E-state index in [2.05, 4.69) is 30.0 Å². The van der Waals surface area contributed by atoms with Crippen LogP contribution in [-0.4, -0.2) is 26.5 Å². The third kappa shape index (κ3) is 4.07. The fourth-order valence-corrected chi connectivity index (χ4v) is 2.60. The number of anilines is 1. The molecule has 27 heavy (non-hydrogen) atoms. The smallest absolute Gasteiger partial charge is 0.434 e. The summed E-state index contributed by atoms with van der Waals surface area (Å²) in [5.74, 6) is -1.56. The Morgan fingerprint density at radius 1 is 1.19 bits per heavy atom. The first-order valence-electron chi connectivity index (χ1n) is 7.88. The highest BCUT2D eigenvalue weighted by Crippen LogP contribution is 2.34. The Kier molecular flexibility index (Phi) is 5.10. The molecule has 0 aliphatic carbocycles. The van der Waals surface area contributed by atoms with Crippen LogP contribution in [0.25, 0.3) is 11.2 Å². The van der Waals surface area contributed by atoms with Crippen molar-refractivity contribution in [1.82, 2.24) is 19.9 Å². The van der Waals surface area contributed by atoms with Gasteiger partial charge in [0, 0.05) is 5.56 Å². The average Bonchev–Trinajstić information content (AvgIpc) is 3.08. The number of nitrogens with one attached hydrogen (secondary N) is 2. The van der Waals surface area contributed by atoms with Gasteiger partial charge in [-0.05, 0) is 12.5 Å². The number of rotatable bonds is 6. The third-order valence-electron chi connectivity index (χ3n) is 3.77. The maximum atomic E-state index is 13.1. The molecule has 3 aromatic rings. The normalized spacial score (nSPS) is 13.1. The van der Waals surface area contributed by atoms with Crippen LogP contribution in [-0.2, 0) is 6.18 Å². The molecule has 1 unspecified atom stereocenters. The van der Waals surface area contributed by atoms with E-state index in [1.807, 2.05) is 0 Å². The number of aromatic amines is 1. The summed E-state index contributed by atoms with van der Waals surface area (Å²) in [4.78, 5) is 13.4. The lowest BCUT2D eigenvalue weighted by Gasteiger charge is -2.21. The van der Waals surface area contributed by atoms with E-state index in [-0.39, 0.29) is 22.7 Å². The van der Waals surface area contributed by atoms with Crippen molar-refractivity contribution in [3.05, 3.63) is 42.0 Å². The summed E-state index contributed by atoms with van der Waals surface area (Å²) in [7, 11) is 0. The van der Waals surface area contributed by atoms with Crippen LogP contribution in [0.2, 0.25) is 0 Å². The van der Waals surface area contributed by atoms with Gasteiger partial charge in [-0.15, -0.1) is 0 Å². The van der Waals surface area contributed by atoms with Crippen LogP contribution >= 0.6 is 0 Å². The van der Waals surface area contributed by atoms with Gasteiger partial charge in [-0.3, -0.25) is 0 Å². The van der Waals surface area contributed by atoms with E-state index in [1.54, 1.807) is 19.1 Å². The molecule has 2 N–H and O–H groups in total. The SMILES string of the molecule is CCC(Nc1nc(C(F)(F)F)nc2nc[nH]c12)c1ccccc1OC(F)F. The summed E-state index contributed by atoms with van der Waals surface area (Å²) >= 11 is 0. The minimum atomic E-state index is -4.76. The molecule has 0 amide bonds. The molecule has 144 valence electrons. The van der Waals surface area contributed by atoms with Gasteiger partial charge in [0.2, 0.25) is 5.82 Å². The van der Waals surface area contributed by atoms with E-state index in [4.69, 9.17) is 0 Å². The predicted octanol–water partition coefficient (Wildman–Crippen LogP) is 4.54. The zero-order valence-electron chi connectivity index (χ0n) is 13.9. The highest BCUT2D eigenvalue weighted by Gasteiger charge is 2.36. The lowest BCUT2D eigenvalue weighted by atomic mass is 10.0. The first-order valence-corrected chi connectivity index (χ1v) is 7.88. The van der Waals surface area contributed by atoms with Crippen LogP contribution in [0.15, 0.2) is 30.6 Å². The Hall–Kier alpha value is -2.98. The van der Waals surface area contributed by atoms with Crippen molar-refractivity contribution < 1.29 is 26.7 Å². The molecule has 0 radical (unpaired) electrons. The molecule has 0 saturated heterocycles. The van der Waals surface area contributed by atoms with E-state index in [0.717, 1.165) is 0 Å². The maximum absolute atomic E-state index is 13.1. The Morgan fingerprint density at radius 2 is 1.93 bits per heavy atom. The molecule has 0 aliphatic rings. The highest BCUT2D eigenvalue weighted by atomic mass is 19.4. The van der Waals surface area contributed by atoms with Crippen LogP contribution in [0.4, 0.5) is 27.8 Å². The van der Waals surface area contributed by atoms with E-state index < -0.39 is 24.7 Å². The molecule has 2 heterocycles. The number of para-hydroxylation sites is 1. The number of ether oxygens (including phenoxy) is 1. The Labute approximate surface area is 149 Å². The summed E-state index contributed by atoms with van der Waals surface area (Å²) in [6.07, 6.45) is -3.20. The van der Waals surface area contributed by atoms with Crippen LogP contribution in [0.5, 0.6) is 5.75 Å². The van der Waals surface area contributed by atoms with E-state index in [1.165, 1.54) is 18.5 Å². The van der Waals surface area contributed by atoms with Crippen molar-refractivity contribution in [2.75, 3.05) is 5.32 Å². The van der Waals surface area contributed by atoms with Gasteiger partial charge < -0.3 is 15.0 Å². The van der Waals surface area contributed by atoms with Crippen molar-refractivity contribution in [2.24, 2.45) is 0 Å².